The summed E-state index contributed by atoms with van der Waals surface area (Å²) >= 11 is 1.09. The van der Waals surface area contributed by atoms with Gasteiger partial charge in [-0.15, -0.1) is 0 Å². The summed E-state index contributed by atoms with van der Waals surface area (Å²) in [7, 11) is 0. The Morgan fingerprint density at radius 3 is 2.50 bits per heavy atom. The monoisotopic (exact) mass is 480 g/mol. The molecule has 1 unspecified atom stereocenters. The van der Waals surface area contributed by atoms with Crippen LogP contribution in [0.25, 0.3) is 0 Å². The average molecular weight is 481 g/mol. The Morgan fingerprint density at radius 1 is 1.12 bits per heavy atom. The highest BCUT2D eigenvalue weighted by Gasteiger charge is 2.40. The summed E-state index contributed by atoms with van der Waals surface area (Å²) in [5.74, 6) is -2.13. The van der Waals surface area contributed by atoms with E-state index < -0.39 is 17.7 Å². The van der Waals surface area contributed by atoms with Gasteiger partial charge in [-0.1, -0.05) is 0 Å². The molecule has 12 nitrogen and oxygen atoms in total. The number of aryl methyl sites for hydroxylation is 2. The van der Waals surface area contributed by atoms with Gasteiger partial charge in [0.05, 0.1) is 11.5 Å². The lowest BCUT2D eigenvalue weighted by molar-refractivity contribution is -0.139. The van der Waals surface area contributed by atoms with E-state index in [1.165, 1.54) is 6.33 Å². The van der Waals surface area contributed by atoms with Crippen LogP contribution in [0.2, 0.25) is 0 Å². The van der Waals surface area contributed by atoms with Crippen molar-refractivity contribution in [3.8, 4) is 0 Å². The zero-order valence-corrected chi connectivity index (χ0v) is 19.1. The predicted octanol–water partition coefficient (Wildman–Crippen LogP) is 1.45. The summed E-state index contributed by atoms with van der Waals surface area (Å²) < 4.78 is 3.98. The van der Waals surface area contributed by atoms with Gasteiger partial charge in [0.2, 0.25) is 17.0 Å². The molecule has 2 N–H and O–H groups in total. The first-order chi connectivity index (χ1) is 16.3. The zero-order chi connectivity index (χ0) is 24.0. The van der Waals surface area contributed by atoms with E-state index in [-0.39, 0.29) is 29.9 Å². The molecule has 2 aliphatic rings. The SMILES string of the molecule is Cc1cc(C)nc(NC(=O)C2CN(c3ccc4c(n3)N(c3ncns3)CC(C(=O)O)C4=O)C2)n1. The first kappa shape index (κ1) is 21.8. The third-order valence-electron chi connectivity index (χ3n) is 5.74. The number of carboxylic acid groups (broad SMARTS) is 1. The highest BCUT2D eigenvalue weighted by atomic mass is 32.1. The van der Waals surface area contributed by atoms with Gasteiger partial charge in [-0.3, -0.25) is 24.6 Å². The third-order valence-corrected chi connectivity index (χ3v) is 6.42. The summed E-state index contributed by atoms with van der Waals surface area (Å²) in [6, 6.07) is 5.08. The van der Waals surface area contributed by atoms with Crippen LogP contribution in [0.3, 0.4) is 0 Å². The Labute approximate surface area is 197 Å². The molecular formula is C21H20N8O4S. The smallest absolute Gasteiger partial charge is 0.316 e. The van der Waals surface area contributed by atoms with Crippen molar-refractivity contribution < 1.29 is 19.5 Å². The van der Waals surface area contributed by atoms with Crippen LogP contribution in [0, 0.1) is 25.7 Å². The number of carboxylic acids is 1. The van der Waals surface area contributed by atoms with Crippen molar-refractivity contribution in [3.05, 3.63) is 41.5 Å². The van der Waals surface area contributed by atoms with Gasteiger partial charge in [0.25, 0.3) is 0 Å². The lowest BCUT2D eigenvalue weighted by Gasteiger charge is -2.40. The van der Waals surface area contributed by atoms with Crippen molar-refractivity contribution in [2.45, 2.75) is 13.8 Å². The van der Waals surface area contributed by atoms with Crippen LogP contribution >= 0.6 is 11.5 Å². The third kappa shape index (κ3) is 3.94. The molecule has 0 spiro atoms. The number of fused-ring (bicyclic) bond motifs is 1. The van der Waals surface area contributed by atoms with Gasteiger partial charge in [-0.05, 0) is 32.0 Å². The molecule has 2 aliphatic heterocycles. The Balaban J connectivity index is 1.34. The van der Waals surface area contributed by atoms with Crippen LogP contribution in [0.5, 0.6) is 0 Å². The largest absolute Gasteiger partial charge is 0.481 e. The molecule has 13 heteroatoms. The molecule has 34 heavy (non-hydrogen) atoms. The van der Waals surface area contributed by atoms with Crippen molar-refractivity contribution in [3.63, 3.8) is 0 Å². The number of anilines is 4. The number of hydrogen-bond acceptors (Lipinski definition) is 11. The van der Waals surface area contributed by atoms with Crippen LogP contribution in [-0.4, -0.2) is 66.7 Å². The van der Waals surface area contributed by atoms with Crippen molar-refractivity contribution >= 4 is 51.9 Å². The average Bonchev–Trinajstić information content (AvgIpc) is 3.26. The number of aliphatic carboxylic acids is 1. The second-order valence-electron chi connectivity index (χ2n) is 8.20. The van der Waals surface area contributed by atoms with Gasteiger partial charge in [0.15, 0.2) is 5.78 Å². The van der Waals surface area contributed by atoms with E-state index in [4.69, 9.17) is 0 Å². The van der Waals surface area contributed by atoms with Crippen molar-refractivity contribution in [1.29, 1.82) is 0 Å². The van der Waals surface area contributed by atoms with Crippen LogP contribution in [0.1, 0.15) is 21.7 Å². The van der Waals surface area contributed by atoms with E-state index in [0.29, 0.717) is 29.9 Å². The zero-order valence-electron chi connectivity index (χ0n) is 18.3. The highest BCUT2D eigenvalue weighted by Crippen LogP contribution is 2.37. The fourth-order valence-electron chi connectivity index (χ4n) is 4.02. The predicted molar refractivity (Wildman–Crippen MR) is 122 cm³/mol. The van der Waals surface area contributed by atoms with Crippen molar-refractivity contribution in [2.24, 2.45) is 11.8 Å². The number of Topliss-reactive ketones (excluding diaryl/α,β-unsaturated/α-hetero) is 1. The van der Waals surface area contributed by atoms with Crippen LogP contribution in [0.15, 0.2) is 24.5 Å². The molecule has 5 heterocycles. The highest BCUT2D eigenvalue weighted by molar-refractivity contribution is 7.09. The number of pyridine rings is 1. The van der Waals surface area contributed by atoms with E-state index in [1.807, 2.05) is 24.8 Å². The van der Waals surface area contributed by atoms with Crippen molar-refractivity contribution in [1.82, 2.24) is 24.3 Å². The lowest BCUT2D eigenvalue weighted by Crippen LogP contribution is -2.52. The minimum Gasteiger partial charge on any atom is -0.481 e. The number of hydrogen-bond donors (Lipinski definition) is 2. The summed E-state index contributed by atoms with van der Waals surface area (Å²) in [4.78, 5) is 57.8. The molecule has 0 saturated carbocycles. The number of carbonyl (C=O) groups excluding carboxylic acids is 2. The van der Waals surface area contributed by atoms with Gasteiger partial charge < -0.3 is 10.0 Å². The first-order valence-corrected chi connectivity index (χ1v) is 11.3. The van der Waals surface area contributed by atoms with Crippen molar-refractivity contribution in [2.75, 3.05) is 34.8 Å². The number of ketones is 1. The first-order valence-electron chi connectivity index (χ1n) is 10.5. The lowest BCUT2D eigenvalue weighted by atomic mass is 9.93. The topological polar surface area (TPSA) is 154 Å². The molecule has 0 aromatic carbocycles. The number of nitrogens with zero attached hydrogens (tertiary/aromatic N) is 7. The van der Waals surface area contributed by atoms with E-state index in [1.54, 1.807) is 17.0 Å². The standard InChI is InChI=1S/C21H20N8O4S/c1-10-5-11(2)25-20(24-10)27-18(31)12-6-28(7-12)15-4-3-13-16(30)14(19(32)33)8-29(17(13)26-15)21-22-9-23-34-21/h3-5,9,12,14H,6-8H2,1-2H3,(H,32,33)(H,24,25,27,31). The van der Waals surface area contributed by atoms with Gasteiger partial charge in [0.1, 0.15) is 23.9 Å². The molecule has 0 radical (unpaired) electrons. The number of nitrogens with one attached hydrogen (secondary N) is 1. The number of rotatable bonds is 5. The molecule has 0 bridgehead atoms. The fraction of sp³-hybridized carbons (Fsp3) is 0.333. The summed E-state index contributed by atoms with van der Waals surface area (Å²) in [5, 5.41) is 12.7. The van der Waals surface area contributed by atoms with Gasteiger partial charge in [-0.2, -0.15) is 4.37 Å². The van der Waals surface area contributed by atoms with Crippen LogP contribution < -0.4 is 15.1 Å². The Kier molecular flexibility index (Phi) is 5.40. The minimum absolute atomic E-state index is 0.0756. The van der Waals surface area contributed by atoms with Gasteiger partial charge in [-0.25, -0.2) is 19.9 Å². The minimum atomic E-state index is -1.21. The molecule has 3 aromatic heterocycles. The Hall–Kier alpha value is -4.00. The second kappa shape index (κ2) is 8.41. The molecular weight excluding hydrogens is 460 g/mol. The van der Waals surface area contributed by atoms with Crippen LogP contribution in [0.4, 0.5) is 22.7 Å². The summed E-state index contributed by atoms with van der Waals surface area (Å²) in [6.45, 7) is 4.48. The number of carbonyl (C=O) groups is 3. The number of aromatic nitrogens is 5. The fourth-order valence-corrected chi connectivity index (χ4v) is 4.57. The Morgan fingerprint density at radius 2 is 1.85 bits per heavy atom. The maximum Gasteiger partial charge on any atom is 0.316 e. The quantitative estimate of drug-likeness (QED) is 0.510. The molecule has 1 saturated heterocycles. The Bertz CT molecular complexity index is 1270. The molecule has 0 aliphatic carbocycles. The normalized spacial score (nSPS) is 17.8. The summed E-state index contributed by atoms with van der Waals surface area (Å²) in [6.07, 6.45) is 1.37. The van der Waals surface area contributed by atoms with E-state index in [2.05, 4.69) is 29.6 Å². The molecule has 174 valence electrons. The van der Waals surface area contributed by atoms with Gasteiger partial charge >= 0.3 is 5.97 Å². The molecule has 1 amide bonds. The van der Waals surface area contributed by atoms with Gasteiger partial charge in [0, 0.05) is 42.6 Å². The molecule has 5 rings (SSSR count). The second-order valence-corrected chi connectivity index (χ2v) is 8.95. The maximum absolute atomic E-state index is 12.7. The maximum atomic E-state index is 12.7. The summed E-state index contributed by atoms with van der Waals surface area (Å²) in [5.41, 5.74) is 1.77. The molecule has 1 atom stereocenters. The van der Waals surface area contributed by atoms with E-state index in [9.17, 15) is 19.5 Å². The van der Waals surface area contributed by atoms with E-state index >= 15 is 0 Å². The van der Waals surface area contributed by atoms with E-state index in [0.717, 1.165) is 22.9 Å². The molecule has 3 aromatic rings. The number of amides is 1. The van der Waals surface area contributed by atoms with Crippen LogP contribution in [-0.2, 0) is 9.59 Å². The molecule has 1 fully saturated rings.